The monoisotopic (exact) mass is 442 g/mol. The Bertz CT molecular complexity index is 1120. The third-order valence-corrected chi connectivity index (χ3v) is 8.11. The zero-order valence-electron chi connectivity index (χ0n) is 18.6. The van der Waals surface area contributed by atoms with Crippen LogP contribution in [-0.2, 0) is 10.0 Å². The van der Waals surface area contributed by atoms with Crippen LogP contribution < -0.4 is 10.1 Å². The average molecular weight is 443 g/mol. The molecule has 2 aromatic rings. The highest BCUT2D eigenvalue weighted by Crippen LogP contribution is 2.40. The Morgan fingerprint density at radius 1 is 1.10 bits per heavy atom. The van der Waals surface area contributed by atoms with E-state index in [9.17, 15) is 13.2 Å². The number of carbonyl (C=O) groups excluding carboxylic acids is 1. The molecule has 1 fully saturated rings. The lowest BCUT2D eigenvalue weighted by Gasteiger charge is -2.38. The molecule has 0 bridgehead atoms. The molecule has 6 nitrogen and oxygen atoms in total. The highest BCUT2D eigenvalue weighted by molar-refractivity contribution is 7.89. The van der Waals surface area contributed by atoms with E-state index in [1.54, 1.807) is 19.1 Å². The summed E-state index contributed by atoms with van der Waals surface area (Å²) in [5, 5.41) is 3.11. The molecule has 1 N–H and O–H groups in total. The molecule has 1 saturated heterocycles. The van der Waals surface area contributed by atoms with Crippen LogP contribution in [0.2, 0.25) is 0 Å². The van der Waals surface area contributed by atoms with Crippen molar-refractivity contribution in [3.8, 4) is 5.75 Å². The number of hydrogen-bond donors (Lipinski definition) is 1. The molecular weight excluding hydrogens is 412 g/mol. The van der Waals surface area contributed by atoms with E-state index < -0.39 is 15.6 Å². The summed E-state index contributed by atoms with van der Waals surface area (Å²) in [5.41, 5.74) is 2.61. The van der Waals surface area contributed by atoms with Gasteiger partial charge in [-0.05, 0) is 69.9 Å². The molecule has 7 heteroatoms. The van der Waals surface area contributed by atoms with Crippen LogP contribution in [0.25, 0.3) is 0 Å². The zero-order valence-corrected chi connectivity index (χ0v) is 19.4. The molecule has 1 atom stereocenters. The molecule has 0 aromatic heterocycles. The van der Waals surface area contributed by atoms with Crippen molar-refractivity contribution in [3.63, 3.8) is 0 Å². The summed E-state index contributed by atoms with van der Waals surface area (Å²) in [6.07, 6.45) is 2.37. The van der Waals surface area contributed by atoms with Crippen LogP contribution >= 0.6 is 0 Å². The molecule has 0 spiro atoms. The van der Waals surface area contributed by atoms with E-state index >= 15 is 0 Å². The maximum absolute atomic E-state index is 13.2. The van der Waals surface area contributed by atoms with E-state index in [4.69, 9.17) is 4.74 Å². The molecule has 0 aliphatic carbocycles. The molecule has 0 radical (unpaired) electrons. The summed E-state index contributed by atoms with van der Waals surface area (Å²) in [7, 11) is -3.60. The molecule has 0 unspecified atom stereocenters. The number of ether oxygens (including phenoxy) is 1. The topological polar surface area (TPSA) is 75.7 Å². The average Bonchev–Trinajstić information content (AvgIpc) is 3.22. The van der Waals surface area contributed by atoms with Crippen molar-refractivity contribution in [2.45, 2.75) is 63.5 Å². The first kappa shape index (κ1) is 21.8. The molecule has 2 aliphatic heterocycles. The molecule has 4 rings (SSSR count). The largest absolute Gasteiger partial charge is 0.487 e. The smallest absolute Gasteiger partial charge is 0.251 e. The molecule has 1 amide bonds. The number of fused-ring (bicyclic) bond motifs is 1. The summed E-state index contributed by atoms with van der Waals surface area (Å²) < 4.78 is 33.8. The van der Waals surface area contributed by atoms with E-state index in [0.717, 1.165) is 29.7 Å². The van der Waals surface area contributed by atoms with E-state index in [2.05, 4.69) is 5.32 Å². The Kier molecular flexibility index (Phi) is 5.60. The van der Waals surface area contributed by atoms with Crippen LogP contribution in [0, 0.1) is 13.8 Å². The van der Waals surface area contributed by atoms with Crippen LogP contribution in [0.15, 0.2) is 41.3 Å². The van der Waals surface area contributed by atoms with Gasteiger partial charge in [-0.25, -0.2) is 8.42 Å². The summed E-state index contributed by atoms with van der Waals surface area (Å²) in [5.74, 6) is 0.495. The molecule has 2 heterocycles. The second-order valence-corrected chi connectivity index (χ2v) is 11.1. The van der Waals surface area contributed by atoms with E-state index in [1.165, 1.54) is 10.4 Å². The summed E-state index contributed by atoms with van der Waals surface area (Å²) in [6.45, 7) is 8.85. The maximum atomic E-state index is 13.2. The Labute approximate surface area is 184 Å². The Hall–Kier alpha value is -2.38. The number of benzene rings is 2. The van der Waals surface area contributed by atoms with E-state index in [0.29, 0.717) is 30.6 Å². The van der Waals surface area contributed by atoms with Gasteiger partial charge in [0.15, 0.2) is 0 Å². The predicted molar refractivity (Wildman–Crippen MR) is 120 cm³/mol. The number of aryl methyl sites for hydroxylation is 2. The minimum Gasteiger partial charge on any atom is -0.487 e. The van der Waals surface area contributed by atoms with Crippen LogP contribution in [0.1, 0.15) is 66.2 Å². The van der Waals surface area contributed by atoms with Crippen molar-refractivity contribution in [1.29, 1.82) is 0 Å². The van der Waals surface area contributed by atoms with Gasteiger partial charge in [0.05, 0.1) is 10.9 Å². The van der Waals surface area contributed by atoms with Crippen molar-refractivity contribution in [2.75, 3.05) is 13.1 Å². The van der Waals surface area contributed by atoms with Gasteiger partial charge in [-0.2, -0.15) is 4.31 Å². The Balaban J connectivity index is 1.63. The van der Waals surface area contributed by atoms with Crippen molar-refractivity contribution >= 4 is 15.9 Å². The summed E-state index contributed by atoms with van der Waals surface area (Å²) in [6, 6.07) is 10.7. The first-order valence-corrected chi connectivity index (χ1v) is 12.2. The Morgan fingerprint density at radius 2 is 1.81 bits per heavy atom. The van der Waals surface area contributed by atoms with Crippen molar-refractivity contribution < 1.29 is 17.9 Å². The lowest BCUT2D eigenvalue weighted by molar-refractivity contribution is 0.0619. The number of hydrogen-bond acceptors (Lipinski definition) is 4. The maximum Gasteiger partial charge on any atom is 0.251 e. The van der Waals surface area contributed by atoms with Crippen molar-refractivity contribution in [1.82, 2.24) is 9.62 Å². The fourth-order valence-corrected chi connectivity index (χ4v) is 6.18. The number of nitrogens with one attached hydrogen (secondary N) is 1. The zero-order chi connectivity index (χ0) is 22.4. The number of carbonyl (C=O) groups is 1. The first-order valence-electron chi connectivity index (χ1n) is 10.8. The third-order valence-electron chi connectivity index (χ3n) is 6.06. The third kappa shape index (κ3) is 4.34. The molecule has 0 saturated carbocycles. The molecule has 31 heavy (non-hydrogen) atoms. The molecule has 2 aliphatic rings. The lowest BCUT2D eigenvalue weighted by atomic mass is 9.89. The predicted octanol–water partition coefficient (Wildman–Crippen LogP) is 4.12. The fraction of sp³-hybridized carbons (Fsp3) is 0.458. The number of nitrogens with zero attached hydrogens (tertiary/aromatic N) is 1. The summed E-state index contributed by atoms with van der Waals surface area (Å²) in [4.78, 5) is 13.4. The van der Waals surface area contributed by atoms with Gasteiger partial charge in [0, 0.05) is 30.6 Å². The number of rotatable bonds is 4. The first-order chi connectivity index (χ1) is 14.6. The van der Waals surface area contributed by atoms with Crippen molar-refractivity contribution in [3.05, 3.63) is 58.7 Å². The van der Waals surface area contributed by atoms with Crippen LogP contribution in [0.3, 0.4) is 0 Å². The van der Waals surface area contributed by atoms with Crippen LogP contribution in [0.4, 0.5) is 0 Å². The van der Waals surface area contributed by atoms with Gasteiger partial charge in [0.25, 0.3) is 5.91 Å². The quantitative estimate of drug-likeness (QED) is 0.773. The number of amides is 1. The Morgan fingerprint density at radius 3 is 2.52 bits per heavy atom. The number of sulfonamides is 1. The van der Waals surface area contributed by atoms with E-state index in [-0.39, 0.29) is 16.8 Å². The van der Waals surface area contributed by atoms with E-state index in [1.807, 2.05) is 39.0 Å². The normalized spacial score (nSPS) is 20.7. The second kappa shape index (κ2) is 7.95. The highest BCUT2D eigenvalue weighted by Gasteiger charge is 2.35. The fourth-order valence-electron chi connectivity index (χ4n) is 4.42. The second-order valence-electron chi connectivity index (χ2n) is 9.22. The van der Waals surface area contributed by atoms with Gasteiger partial charge >= 0.3 is 0 Å². The van der Waals surface area contributed by atoms with Gasteiger partial charge in [-0.3, -0.25) is 4.79 Å². The van der Waals surface area contributed by atoms with Gasteiger partial charge in [-0.15, -0.1) is 0 Å². The molecule has 2 aromatic carbocycles. The lowest BCUT2D eigenvalue weighted by Crippen LogP contribution is -2.41. The summed E-state index contributed by atoms with van der Waals surface area (Å²) >= 11 is 0. The van der Waals surface area contributed by atoms with Gasteiger partial charge in [0.1, 0.15) is 11.4 Å². The van der Waals surface area contributed by atoms with Gasteiger partial charge in [0.2, 0.25) is 10.0 Å². The minimum atomic E-state index is -3.60. The van der Waals surface area contributed by atoms with Crippen LogP contribution in [-0.4, -0.2) is 37.3 Å². The van der Waals surface area contributed by atoms with Gasteiger partial charge < -0.3 is 10.1 Å². The SMILES string of the molecule is Cc1ccc2c(c1)OC(C)(C)C[C@H]2NC(=O)c1ccc(C)c(S(=O)(=O)N2CCCC2)c1. The van der Waals surface area contributed by atoms with Gasteiger partial charge in [-0.1, -0.05) is 18.2 Å². The van der Waals surface area contributed by atoms with Crippen molar-refractivity contribution in [2.24, 2.45) is 0 Å². The highest BCUT2D eigenvalue weighted by atomic mass is 32.2. The molecule has 166 valence electrons. The minimum absolute atomic E-state index is 0.213. The standard InChI is InChI=1S/C24H30N2O4S/c1-16-7-10-19-20(15-24(3,4)30-21(19)13-16)25-23(27)18-9-8-17(2)22(14-18)31(28,29)26-11-5-6-12-26/h7-10,13-14,20H,5-6,11-12,15H2,1-4H3,(H,25,27)/t20-/m1/s1. The molecular formula is C24H30N2O4S. The van der Waals surface area contributed by atoms with Crippen LogP contribution in [0.5, 0.6) is 5.75 Å².